The van der Waals surface area contributed by atoms with E-state index in [1.165, 1.54) is 23.5 Å². The lowest BCUT2D eigenvalue weighted by Gasteiger charge is -2.09. The molecule has 0 saturated carbocycles. The van der Waals surface area contributed by atoms with Crippen LogP contribution in [0.3, 0.4) is 0 Å². The van der Waals surface area contributed by atoms with E-state index in [4.69, 9.17) is 22.0 Å². The normalized spacial score (nSPS) is 10.3. The van der Waals surface area contributed by atoms with Crippen molar-refractivity contribution in [2.45, 2.75) is 23.7 Å². The number of hydrogen-bond acceptors (Lipinski definition) is 21. The molecule has 3 aromatic heterocycles. The van der Waals surface area contributed by atoms with E-state index in [2.05, 4.69) is 68.7 Å². The van der Waals surface area contributed by atoms with Gasteiger partial charge in [0.05, 0.1) is 6.61 Å². The molecule has 8 aromatic carbocycles. The number of nitrogens with zero attached hydrogens (tertiary/aromatic N) is 10. The average molecular weight is 1440 g/mol. The number of rotatable bonds is 14. The Kier molecular flexibility index (Phi) is 31.8. The Bertz CT molecular complexity index is 4240. The van der Waals surface area contributed by atoms with Crippen LogP contribution in [0.4, 0.5) is 0 Å². The number of hydrogen-bond donors (Lipinski definition) is 5. The van der Waals surface area contributed by atoms with Gasteiger partial charge in [0, 0.05) is 50.8 Å². The van der Waals surface area contributed by atoms with E-state index in [1.807, 2.05) is 212 Å². The summed E-state index contributed by atoms with van der Waals surface area (Å²) in [5.74, 6) is 8.45. The zero-order chi connectivity index (χ0) is 66.8. The minimum absolute atomic E-state index is 0. The zero-order valence-electron chi connectivity index (χ0n) is 51.3. The van der Waals surface area contributed by atoms with Gasteiger partial charge in [-0.2, -0.15) is 5.10 Å². The average Bonchev–Trinajstić information content (AvgIpc) is 0.824. The molecule has 0 amide bonds. The number of amidine groups is 1. The van der Waals surface area contributed by atoms with Gasteiger partial charge in [0.2, 0.25) is 26.6 Å². The van der Waals surface area contributed by atoms with Crippen molar-refractivity contribution >= 4 is 97.4 Å². The van der Waals surface area contributed by atoms with E-state index in [0.717, 1.165) is 51.0 Å². The standard InChI is InChI=1S/C19H17N3O2.C16H13N3O2S.C16H13N3S.C14H10O2.C2H7N3S.CH5N3S.HI/c1-2-24-17(23)13-16-20-18(14-9-5-3-6-10-14)19(22-21-16)15-11-7-4-8-12-15;1-22(20,21)16-17-14(12-8-4-2-5-9-12)15(18-19-16)13-10-6-3-7-11-13;1-20-16-17-14(12-8-4-2-5-9-12)15(18-19-16)13-10-6-3-7-11-13;15-13(11-7-3-1-4-8-11)14(16)12-9-5-2-6-10-12;1-6-2(3)5-4;2-1(5)4-3;/h3-12H,2,13H2,1H3;2-11H,1H3;2-11H,1H3;1-10H;4H2,1H3,(H2,3,5);3H2,(H3,2,4,5);1H. The van der Waals surface area contributed by atoms with Gasteiger partial charge in [-0.1, -0.05) is 266 Å². The van der Waals surface area contributed by atoms with E-state index >= 15 is 0 Å². The molecule has 0 radical (unpaired) electrons. The van der Waals surface area contributed by atoms with Crippen molar-refractivity contribution in [2.24, 2.45) is 28.3 Å². The lowest BCUT2D eigenvalue weighted by atomic mass is 10.0. The first-order valence-electron chi connectivity index (χ1n) is 28.1. The molecular weight excluding hydrogens is 1380 g/mol. The maximum atomic E-state index is 11.8. The largest absolute Gasteiger partial charge is 0.466 e. The number of nitrogens with two attached hydrogens (primary N) is 4. The van der Waals surface area contributed by atoms with Gasteiger partial charge in [-0.15, -0.1) is 54.6 Å². The van der Waals surface area contributed by atoms with Crippen LogP contribution < -0.4 is 28.6 Å². The minimum atomic E-state index is -3.52. The number of ketones is 2. The van der Waals surface area contributed by atoms with Crippen molar-refractivity contribution in [1.29, 1.82) is 0 Å². The van der Waals surface area contributed by atoms with Crippen LogP contribution in [0, 0.1) is 0 Å². The van der Waals surface area contributed by atoms with Crippen LogP contribution in [-0.2, 0) is 25.8 Å². The Morgan fingerprint density at radius 2 is 0.798 bits per heavy atom. The molecule has 0 aliphatic carbocycles. The minimum Gasteiger partial charge on any atom is -0.466 e. The molecule has 0 atom stereocenters. The highest BCUT2D eigenvalue weighted by Gasteiger charge is 2.20. The summed E-state index contributed by atoms with van der Waals surface area (Å²) in [5.41, 5.74) is 22.4. The molecule has 0 saturated heterocycles. The third-order valence-electron chi connectivity index (χ3n) is 12.2. The summed E-state index contributed by atoms with van der Waals surface area (Å²) in [6, 6.07) is 75.6. The predicted octanol–water partition coefficient (Wildman–Crippen LogP) is 11.4. The molecule has 0 fully saturated rings. The fraction of sp³-hybridized carbons (Fsp3) is 0.0882. The van der Waals surface area contributed by atoms with Crippen LogP contribution in [0.25, 0.3) is 67.5 Å². The van der Waals surface area contributed by atoms with Gasteiger partial charge in [0.25, 0.3) is 5.16 Å². The first kappa shape index (κ1) is 74.6. The second-order valence-corrected chi connectivity index (χ2v) is 22.7. The molecule has 0 aliphatic heterocycles. The molecule has 3 heterocycles. The molecule has 21 nitrogen and oxygen atoms in total. The van der Waals surface area contributed by atoms with Gasteiger partial charge in [-0.05, 0) is 31.7 Å². The number of benzene rings is 8. The molecule has 94 heavy (non-hydrogen) atoms. The van der Waals surface area contributed by atoms with Crippen LogP contribution in [0.15, 0.2) is 258 Å². The van der Waals surface area contributed by atoms with Gasteiger partial charge in [0.15, 0.2) is 16.1 Å². The highest BCUT2D eigenvalue weighted by Crippen LogP contribution is 2.31. The number of aromatic nitrogens is 9. The SMILES string of the molecule is CCOC(=O)Cc1nnc(-c2ccccc2)c(-c2ccccc2)n1.CS(=O)(=O)c1nnc(-c2ccccc2)c(-c2ccccc2)n1.CSC(N)=NN.CSc1nnc(-c2ccccc2)c(-c2ccccc2)n1.I.NNC(N)=S.O=C(C(=O)c1ccccc1)c1ccccc1. The molecule has 480 valence electrons. The molecule has 0 unspecified atom stereocenters. The topological polar surface area (TPSA) is 339 Å². The third-order valence-corrected chi connectivity index (χ3v) is 14.2. The molecule has 9 N–H and O–H groups in total. The zero-order valence-corrected chi connectivity index (χ0v) is 56.9. The summed E-state index contributed by atoms with van der Waals surface area (Å²) < 4.78 is 28.4. The van der Waals surface area contributed by atoms with Crippen molar-refractivity contribution in [1.82, 2.24) is 51.0 Å². The number of ether oxygens (including phenoxy) is 1. The van der Waals surface area contributed by atoms with E-state index < -0.39 is 21.4 Å². The van der Waals surface area contributed by atoms with Gasteiger partial charge < -0.3 is 27.5 Å². The summed E-state index contributed by atoms with van der Waals surface area (Å²) in [6.07, 6.45) is 4.84. The number of hydrazine groups is 1. The lowest BCUT2D eigenvalue weighted by Crippen LogP contribution is -2.34. The van der Waals surface area contributed by atoms with Gasteiger partial charge >= 0.3 is 5.97 Å². The third kappa shape index (κ3) is 23.9. The summed E-state index contributed by atoms with van der Waals surface area (Å²) >= 11 is 7.06. The monoisotopic (exact) mass is 1440 g/mol. The number of nitrogens with one attached hydrogen (secondary N) is 1. The van der Waals surface area contributed by atoms with Crippen LogP contribution in [-0.4, -0.2) is 107 Å². The predicted molar refractivity (Wildman–Crippen MR) is 388 cm³/mol. The highest BCUT2D eigenvalue weighted by molar-refractivity contribution is 14.0. The van der Waals surface area contributed by atoms with Crippen molar-refractivity contribution in [3.63, 3.8) is 0 Å². The summed E-state index contributed by atoms with van der Waals surface area (Å²) in [5, 5.41) is 28.9. The van der Waals surface area contributed by atoms with Crippen molar-refractivity contribution < 1.29 is 27.5 Å². The second kappa shape index (κ2) is 40.0. The van der Waals surface area contributed by atoms with Gasteiger partial charge in [-0.3, -0.25) is 14.4 Å². The van der Waals surface area contributed by atoms with Gasteiger partial charge in [-0.25, -0.2) is 29.2 Å². The number of hydrazone groups is 1. The van der Waals surface area contributed by atoms with Crippen LogP contribution in [0.2, 0.25) is 0 Å². The summed E-state index contributed by atoms with van der Waals surface area (Å²) in [4.78, 5) is 48.7. The van der Waals surface area contributed by atoms with Crippen LogP contribution in [0.1, 0.15) is 33.5 Å². The molecular formula is C68H66IN15O6S4. The molecule has 0 aliphatic rings. The number of carbonyl (C=O) groups is 3. The Labute approximate surface area is 576 Å². The molecule has 11 aromatic rings. The van der Waals surface area contributed by atoms with E-state index in [9.17, 15) is 22.8 Å². The number of Topliss-reactive ketones (excluding diaryl/α,β-unsaturated/α-hetero) is 2. The van der Waals surface area contributed by atoms with Crippen LogP contribution in [0.5, 0.6) is 0 Å². The summed E-state index contributed by atoms with van der Waals surface area (Å²) in [7, 11) is -3.52. The highest BCUT2D eigenvalue weighted by atomic mass is 127. The maximum Gasteiger partial charge on any atom is 0.313 e. The Hall–Kier alpha value is -10.1. The summed E-state index contributed by atoms with van der Waals surface area (Å²) in [6.45, 7) is 2.10. The van der Waals surface area contributed by atoms with Crippen molar-refractivity contribution in [2.75, 3.05) is 25.4 Å². The van der Waals surface area contributed by atoms with E-state index in [0.29, 0.717) is 56.7 Å². The quantitative estimate of drug-likeness (QED) is 0.00645. The van der Waals surface area contributed by atoms with Crippen molar-refractivity contribution in [3.05, 3.63) is 260 Å². The van der Waals surface area contributed by atoms with E-state index in [1.54, 1.807) is 55.5 Å². The molecule has 0 bridgehead atoms. The number of carbonyl (C=O) groups excluding carboxylic acids is 3. The number of thioether (sulfide) groups is 2. The fourth-order valence-corrected chi connectivity index (χ4v) is 8.76. The lowest BCUT2D eigenvalue weighted by molar-refractivity contribution is -0.142. The van der Waals surface area contributed by atoms with Gasteiger partial charge in [0.1, 0.15) is 40.6 Å². The molecule has 11 rings (SSSR count). The number of halogens is 1. The second-order valence-electron chi connectivity index (χ2n) is 18.7. The van der Waals surface area contributed by atoms with Crippen molar-refractivity contribution in [3.8, 4) is 67.5 Å². The molecule has 0 spiro atoms. The van der Waals surface area contributed by atoms with E-state index in [-0.39, 0.29) is 46.6 Å². The smallest absolute Gasteiger partial charge is 0.313 e. The Balaban J connectivity index is 0.000000216. The first-order valence-corrected chi connectivity index (χ1v) is 32.8. The first-order chi connectivity index (χ1) is 45.1. The number of thiocarbonyl (C=S) groups is 1. The van der Waals surface area contributed by atoms with Crippen LogP contribution >= 0.6 is 59.7 Å². The fourth-order valence-electron chi connectivity index (χ4n) is 7.90. The number of esters is 1. The maximum absolute atomic E-state index is 11.8. The Morgan fingerprint density at radius 3 is 1.10 bits per heavy atom. The molecule has 26 heteroatoms. The Morgan fingerprint density at radius 1 is 0.489 bits per heavy atom. The number of sulfone groups is 1.